The highest BCUT2D eigenvalue weighted by molar-refractivity contribution is 5.82. The summed E-state index contributed by atoms with van der Waals surface area (Å²) in [6, 6.07) is 13.4. The summed E-state index contributed by atoms with van der Waals surface area (Å²) in [5.74, 6) is 0.662. The van der Waals surface area contributed by atoms with Crippen molar-refractivity contribution >= 4 is 22.8 Å². The van der Waals surface area contributed by atoms with Crippen LogP contribution in [0.1, 0.15) is 33.6 Å². The van der Waals surface area contributed by atoms with Gasteiger partial charge in [0, 0.05) is 80.9 Å². The summed E-state index contributed by atoms with van der Waals surface area (Å²) in [6.45, 7) is 14.6. The number of hydrogen-bond acceptors (Lipinski definition) is 5. The average Bonchev–Trinajstić information content (AvgIpc) is 3.65. The molecular formula is C29H38N6O. The molecule has 1 aliphatic carbocycles. The van der Waals surface area contributed by atoms with Crippen LogP contribution in [0.3, 0.4) is 0 Å². The fraction of sp³-hybridized carbons (Fsp3) is 0.517. The van der Waals surface area contributed by atoms with E-state index in [1.165, 1.54) is 22.5 Å². The zero-order valence-electron chi connectivity index (χ0n) is 21.9. The number of amides is 1. The first-order valence-electron chi connectivity index (χ1n) is 13.5. The SMILES string of the molecule is CCN1CCN(c2ccc(-c3cc4c(N5CCN(C(=O)C6CC6)CC5)ccnn4c3)cc2)CC1(C)C. The number of rotatable bonds is 5. The molecule has 3 aliphatic rings. The van der Waals surface area contributed by atoms with Crippen molar-refractivity contribution in [2.45, 2.75) is 39.2 Å². The molecule has 3 fully saturated rings. The Morgan fingerprint density at radius 1 is 0.944 bits per heavy atom. The van der Waals surface area contributed by atoms with Gasteiger partial charge in [0.1, 0.15) is 0 Å². The molecule has 0 bridgehead atoms. The molecule has 0 unspecified atom stereocenters. The Morgan fingerprint density at radius 3 is 2.33 bits per heavy atom. The smallest absolute Gasteiger partial charge is 0.225 e. The van der Waals surface area contributed by atoms with Gasteiger partial charge in [0.2, 0.25) is 5.91 Å². The highest BCUT2D eigenvalue weighted by atomic mass is 16.2. The standard InChI is InChI=1S/C29H38N6O/c1-4-34-18-17-33(21-29(34,2)3)25-9-7-22(8-10-25)24-19-27-26(11-12-30-35(27)20-24)31-13-15-32(16-14-31)28(36)23-5-6-23/h7-12,19-20,23H,4-6,13-18,21H2,1-3H3. The molecule has 7 heteroatoms. The number of likely N-dealkylation sites (N-methyl/N-ethyl adjacent to an activating group) is 1. The van der Waals surface area contributed by atoms with E-state index in [-0.39, 0.29) is 5.54 Å². The van der Waals surface area contributed by atoms with Gasteiger partial charge in [-0.15, -0.1) is 0 Å². The van der Waals surface area contributed by atoms with E-state index in [0.29, 0.717) is 11.8 Å². The summed E-state index contributed by atoms with van der Waals surface area (Å²) in [6.07, 6.45) is 6.16. The van der Waals surface area contributed by atoms with Crippen LogP contribution in [0.2, 0.25) is 0 Å². The largest absolute Gasteiger partial charge is 0.368 e. The molecule has 1 amide bonds. The second-order valence-corrected chi connectivity index (χ2v) is 11.2. The summed E-state index contributed by atoms with van der Waals surface area (Å²) in [5.41, 5.74) is 6.19. The quantitative estimate of drug-likeness (QED) is 0.546. The second kappa shape index (κ2) is 9.11. The van der Waals surface area contributed by atoms with Crippen LogP contribution in [-0.2, 0) is 4.79 Å². The molecule has 0 N–H and O–H groups in total. The minimum atomic E-state index is 0.185. The summed E-state index contributed by atoms with van der Waals surface area (Å²) in [7, 11) is 0. The van der Waals surface area contributed by atoms with E-state index >= 15 is 0 Å². The fourth-order valence-corrected chi connectivity index (χ4v) is 6.04. The van der Waals surface area contributed by atoms with E-state index in [4.69, 9.17) is 0 Å². The zero-order chi connectivity index (χ0) is 24.9. The first kappa shape index (κ1) is 23.3. The number of benzene rings is 1. The van der Waals surface area contributed by atoms with Crippen molar-refractivity contribution in [3.8, 4) is 11.1 Å². The lowest BCUT2D eigenvalue weighted by Gasteiger charge is -2.47. The number of anilines is 2. The maximum Gasteiger partial charge on any atom is 0.225 e. The van der Waals surface area contributed by atoms with Gasteiger partial charge in [-0.3, -0.25) is 9.69 Å². The van der Waals surface area contributed by atoms with Crippen molar-refractivity contribution in [2.24, 2.45) is 5.92 Å². The van der Waals surface area contributed by atoms with Crippen LogP contribution in [0.15, 0.2) is 48.8 Å². The van der Waals surface area contributed by atoms with Gasteiger partial charge in [-0.25, -0.2) is 4.52 Å². The van der Waals surface area contributed by atoms with Crippen molar-refractivity contribution in [2.75, 3.05) is 62.2 Å². The van der Waals surface area contributed by atoms with Gasteiger partial charge in [0.05, 0.1) is 11.2 Å². The Bertz CT molecular complexity index is 1240. The Kier molecular flexibility index (Phi) is 5.91. The van der Waals surface area contributed by atoms with Crippen LogP contribution in [-0.4, -0.2) is 83.2 Å². The normalized spacial score (nSPS) is 20.8. The number of carbonyl (C=O) groups excluding carboxylic acids is 1. The van der Waals surface area contributed by atoms with Crippen molar-refractivity contribution in [1.82, 2.24) is 19.4 Å². The minimum Gasteiger partial charge on any atom is -0.368 e. The summed E-state index contributed by atoms with van der Waals surface area (Å²) in [4.78, 5) is 22.0. The molecule has 1 aromatic carbocycles. The molecule has 2 aliphatic heterocycles. The maximum absolute atomic E-state index is 12.4. The minimum absolute atomic E-state index is 0.185. The van der Waals surface area contributed by atoms with Gasteiger partial charge in [0.25, 0.3) is 0 Å². The fourth-order valence-electron chi connectivity index (χ4n) is 6.04. The third kappa shape index (κ3) is 4.34. The topological polar surface area (TPSA) is 47.3 Å². The Hall–Kier alpha value is -3.06. The highest BCUT2D eigenvalue weighted by Gasteiger charge is 2.35. The Balaban J connectivity index is 1.18. The predicted octanol–water partition coefficient (Wildman–Crippen LogP) is 3.98. The predicted molar refractivity (Wildman–Crippen MR) is 146 cm³/mol. The number of carbonyl (C=O) groups is 1. The first-order chi connectivity index (χ1) is 17.4. The van der Waals surface area contributed by atoms with Crippen molar-refractivity contribution in [1.29, 1.82) is 0 Å². The molecule has 0 spiro atoms. The first-order valence-corrected chi connectivity index (χ1v) is 13.5. The second-order valence-electron chi connectivity index (χ2n) is 11.2. The van der Waals surface area contributed by atoms with Crippen molar-refractivity contribution < 1.29 is 4.79 Å². The van der Waals surface area contributed by atoms with Gasteiger partial charge < -0.3 is 14.7 Å². The van der Waals surface area contributed by atoms with Crippen LogP contribution < -0.4 is 9.80 Å². The van der Waals surface area contributed by atoms with E-state index in [9.17, 15) is 4.79 Å². The molecule has 4 heterocycles. The number of aromatic nitrogens is 2. The Morgan fingerprint density at radius 2 is 1.67 bits per heavy atom. The van der Waals surface area contributed by atoms with Crippen molar-refractivity contribution in [3.63, 3.8) is 0 Å². The molecule has 2 saturated heterocycles. The van der Waals surface area contributed by atoms with E-state index in [1.807, 2.05) is 10.7 Å². The number of hydrogen-bond donors (Lipinski definition) is 0. The van der Waals surface area contributed by atoms with Gasteiger partial charge in [-0.05, 0) is 63.1 Å². The van der Waals surface area contributed by atoms with E-state index in [0.717, 1.165) is 70.7 Å². The summed E-state index contributed by atoms with van der Waals surface area (Å²) in [5, 5.41) is 4.59. The molecule has 190 valence electrons. The lowest BCUT2D eigenvalue weighted by atomic mass is 9.98. The molecule has 6 rings (SSSR count). The number of piperazine rings is 2. The molecule has 2 aromatic heterocycles. The molecule has 3 aromatic rings. The van der Waals surface area contributed by atoms with E-state index < -0.39 is 0 Å². The van der Waals surface area contributed by atoms with Gasteiger partial charge in [-0.1, -0.05) is 19.1 Å². The molecule has 7 nitrogen and oxygen atoms in total. The van der Waals surface area contributed by atoms with Gasteiger partial charge >= 0.3 is 0 Å². The third-order valence-electron chi connectivity index (χ3n) is 8.37. The van der Waals surface area contributed by atoms with Crippen LogP contribution in [0, 0.1) is 5.92 Å². The van der Waals surface area contributed by atoms with Crippen LogP contribution >= 0.6 is 0 Å². The van der Waals surface area contributed by atoms with Crippen molar-refractivity contribution in [3.05, 3.63) is 48.8 Å². The van der Waals surface area contributed by atoms with E-state index in [2.05, 4.69) is 88.1 Å². The molecular weight excluding hydrogens is 448 g/mol. The molecule has 36 heavy (non-hydrogen) atoms. The average molecular weight is 487 g/mol. The van der Waals surface area contributed by atoms with Crippen LogP contribution in [0.4, 0.5) is 11.4 Å². The van der Waals surface area contributed by atoms with E-state index in [1.54, 1.807) is 0 Å². The summed E-state index contributed by atoms with van der Waals surface area (Å²) >= 11 is 0. The van der Waals surface area contributed by atoms with Crippen LogP contribution in [0.5, 0.6) is 0 Å². The zero-order valence-corrected chi connectivity index (χ0v) is 21.9. The number of fused-ring (bicyclic) bond motifs is 1. The maximum atomic E-state index is 12.4. The highest BCUT2D eigenvalue weighted by Crippen LogP contribution is 2.33. The lowest BCUT2D eigenvalue weighted by Crippen LogP contribution is -2.59. The molecule has 0 radical (unpaired) electrons. The lowest BCUT2D eigenvalue weighted by molar-refractivity contribution is -0.132. The number of nitrogens with zero attached hydrogens (tertiary/aromatic N) is 6. The van der Waals surface area contributed by atoms with Gasteiger partial charge in [-0.2, -0.15) is 5.10 Å². The molecule has 0 atom stereocenters. The monoisotopic (exact) mass is 486 g/mol. The third-order valence-corrected chi connectivity index (χ3v) is 8.37. The van der Waals surface area contributed by atoms with Gasteiger partial charge in [0.15, 0.2) is 0 Å². The Labute approximate surface area is 214 Å². The van der Waals surface area contributed by atoms with Crippen LogP contribution in [0.25, 0.3) is 16.6 Å². The molecule has 1 saturated carbocycles. The summed E-state index contributed by atoms with van der Waals surface area (Å²) < 4.78 is 1.99.